The normalized spacial score (nSPS) is 14.4. The highest BCUT2D eigenvalue weighted by Crippen LogP contribution is 2.26. The summed E-state index contributed by atoms with van der Waals surface area (Å²) in [5.41, 5.74) is 1.11. The van der Waals surface area contributed by atoms with E-state index >= 15 is 0 Å². The lowest BCUT2D eigenvalue weighted by Gasteiger charge is -2.16. The monoisotopic (exact) mass is 302 g/mol. The van der Waals surface area contributed by atoms with Crippen molar-refractivity contribution >= 4 is 15.9 Å². The van der Waals surface area contributed by atoms with Gasteiger partial charge in [0.2, 0.25) is 0 Å². The van der Waals surface area contributed by atoms with Crippen LogP contribution in [-0.4, -0.2) is 29.5 Å². The van der Waals surface area contributed by atoms with Gasteiger partial charge in [-0.25, -0.2) is 0 Å². The quantitative estimate of drug-likeness (QED) is 0.849. The van der Waals surface area contributed by atoms with Gasteiger partial charge in [-0.05, 0) is 52.9 Å². The van der Waals surface area contributed by atoms with Crippen LogP contribution in [0.1, 0.15) is 25.3 Å². The molecule has 0 heterocycles. The van der Waals surface area contributed by atoms with E-state index in [1.807, 2.05) is 25.1 Å². The van der Waals surface area contributed by atoms with Crippen LogP contribution >= 0.6 is 15.9 Å². The predicted molar refractivity (Wildman–Crippen MR) is 71.3 cm³/mol. The largest absolute Gasteiger partial charge is 0.496 e. The van der Waals surface area contributed by atoms with Crippen molar-refractivity contribution in [3.05, 3.63) is 28.2 Å². The van der Waals surface area contributed by atoms with Crippen molar-refractivity contribution in [2.45, 2.75) is 38.4 Å². The lowest BCUT2D eigenvalue weighted by atomic mass is 10.0. The fraction of sp³-hybridized carbons (Fsp3) is 0.538. The van der Waals surface area contributed by atoms with Gasteiger partial charge in [0.1, 0.15) is 5.75 Å². The maximum atomic E-state index is 9.66. The summed E-state index contributed by atoms with van der Waals surface area (Å²) in [4.78, 5) is 0. The summed E-state index contributed by atoms with van der Waals surface area (Å²) in [6, 6.07) is 5.83. The molecule has 0 aliphatic heterocycles. The number of hydrogen-bond donors (Lipinski definition) is 2. The first-order valence-corrected chi connectivity index (χ1v) is 6.56. The van der Waals surface area contributed by atoms with Crippen molar-refractivity contribution in [2.75, 3.05) is 7.11 Å². The van der Waals surface area contributed by atoms with Crippen LogP contribution in [0.15, 0.2) is 22.7 Å². The zero-order valence-corrected chi connectivity index (χ0v) is 11.8. The summed E-state index contributed by atoms with van der Waals surface area (Å²) in [6.07, 6.45) is 0.597. The number of rotatable bonds is 6. The molecule has 0 bridgehead atoms. The van der Waals surface area contributed by atoms with Crippen molar-refractivity contribution in [3.8, 4) is 5.75 Å². The molecular weight excluding hydrogens is 284 g/mol. The summed E-state index contributed by atoms with van der Waals surface area (Å²) in [7, 11) is 1.63. The maximum absolute atomic E-state index is 9.66. The first-order valence-electron chi connectivity index (χ1n) is 5.77. The zero-order chi connectivity index (χ0) is 12.8. The molecule has 0 saturated carbocycles. The predicted octanol–water partition coefficient (Wildman–Crippen LogP) is 2.52. The average Bonchev–Trinajstić information content (AvgIpc) is 2.35. The van der Waals surface area contributed by atoms with E-state index < -0.39 is 12.2 Å². The molecular formula is C13H19BrO3. The highest BCUT2D eigenvalue weighted by Gasteiger charge is 2.14. The topological polar surface area (TPSA) is 49.7 Å². The minimum atomic E-state index is -0.652. The van der Waals surface area contributed by atoms with Crippen molar-refractivity contribution in [1.29, 1.82) is 0 Å². The van der Waals surface area contributed by atoms with Crippen LogP contribution in [0.4, 0.5) is 0 Å². The van der Waals surface area contributed by atoms with Gasteiger partial charge in [0, 0.05) is 0 Å². The number of methoxy groups -OCH3 is 1. The lowest BCUT2D eigenvalue weighted by Crippen LogP contribution is -2.25. The Bertz CT molecular complexity index is 355. The van der Waals surface area contributed by atoms with E-state index in [1.54, 1.807) is 7.11 Å². The molecule has 0 fully saturated rings. The molecule has 96 valence electrons. The minimum Gasteiger partial charge on any atom is -0.496 e. The van der Waals surface area contributed by atoms with E-state index in [4.69, 9.17) is 4.74 Å². The van der Waals surface area contributed by atoms with E-state index in [9.17, 15) is 10.2 Å². The Morgan fingerprint density at radius 2 is 2.00 bits per heavy atom. The van der Waals surface area contributed by atoms with Gasteiger partial charge < -0.3 is 14.9 Å². The summed E-state index contributed by atoms with van der Waals surface area (Å²) in [5.74, 6) is 0.794. The Kier molecular flexibility index (Phi) is 5.95. The molecule has 1 aromatic carbocycles. The van der Waals surface area contributed by atoms with Crippen LogP contribution in [0.5, 0.6) is 5.75 Å². The van der Waals surface area contributed by atoms with E-state index in [0.717, 1.165) is 22.2 Å². The third-order valence-electron chi connectivity index (χ3n) is 2.81. The van der Waals surface area contributed by atoms with Gasteiger partial charge in [-0.3, -0.25) is 0 Å². The van der Waals surface area contributed by atoms with Crippen LogP contribution in [0.25, 0.3) is 0 Å². The molecule has 3 nitrogen and oxygen atoms in total. The Labute approximate surface area is 111 Å². The first-order chi connectivity index (χ1) is 8.08. The molecule has 2 N–H and O–H groups in total. The van der Waals surface area contributed by atoms with Gasteiger partial charge >= 0.3 is 0 Å². The lowest BCUT2D eigenvalue weighted by molar-refractivity contribution is 0.0130. The Morgan fingerprint density at radius 1 is 1.29 bits per heavy atom. The molecule has 0 saturated heterocycles. The van der Waals surface area contributed by atoms with Gasteiger partial charge in [-0.1, -0.05) is 13.0 Å². The molecule has 2 unspecified atom stereocenters. The van der Waals surface area contributed by atoms with Crippen LogP contribution in [0.2, 0.25) is 0 Å². The minimum absolute atomic E-state index is 0.563. The smallest absolute Gasteiger partial charge is 0.133 e. The van der Waals surface area contributed by atoms with Crippen molar-refractivity contribution < 1.29 is 14.9 Å². The summed E-state index contributed by atoms with van der Waals surface area (Å²) < 4.78 is 6.05. The molecule has 0 aliphatic rings. The second-order valence-corrected chi connectivity index (χ2v) is 4.90. The molecule has 0 amide bonds. The van der Waals surface area contributed by atoms with Crippen LogP contribution in [-0.2, 0) is 6.42 Å². The molecule has 0 radical (unpaired) electrons. The van der Waals surface area contributed by atoms with Gasteiger partial charge in [0.15, 0.2) is 0 Å². The number of halogens is 1. The SMILES string of the molecule is CCC(O)C(O)CCc1ccc(OC)c(Br)c1. The third-order valence-corrected chi connectivity index (χ3v) is 3.43. The number of aliphatic hydroxyl groups is 2. The molecule has 1 rings (SSSR count). The van der Waals surface area contributed by atoms with Gasteiger partial charge in [0.25, 0.3) is 0 Å². The van der Waals surface area contributed by atoms with Crippen molar-refractivity contribution in [2.24, 2.45) is 0 Å². The number of ether oxygens (including phenoxy) is 1. The standard InChI is InChI=1S/C13H19BrO3/c1-3-11(15)12(16)6-4-9-5-7-13(17-2)10(14)8-9/h5,7-8,11-12,15-16H,3-4,6H2,1-2H3. The fourth-order valence-corrected chi connectivity index (χ4v) is 2.23. The summed E-state index contributed by atoms with van der Waals surface area (Å²) in [6.45, 7) is 1.86. The van der Waals surface area contributed by atoms with Crippen molar-refractivity contribution in [1.82, 2.24) is 0 Å². The summed E-state index contributed by atoms with van der Waals surface area (Å²) in [5, 5.41) is 19.1. The van der Waals surface area contributed by atoms with Crippen LogP contribution in [0.3, 0.4) is 0 Å². The van der Waals surface area contributed by atoms with E-state index in [2.05, 4.69) is 15.9 Å². The summed E-state index contributed by atoms with van der Waals surface area (Å²) >= 11 is 3.42. The zero-order valence-electron chi connectivity index (χ0n) is 10.2. The van der Waals surface area contributed by atoms with E-state index in [1.165, 1.54) is 0 Å². The van der Waals surface area contributed by atoms with E-state index in [0.29, 0.717) is 12.8 Å². The number of aryl methyl sites for hydroxylation is 1. The van der Waals surface area contributed by atoms with Crippen LogP contribution in [0, 0.1) is 0 Å². The Hall–Kier alpha value is -0.580. The molecule has 2 atom stereocenters. The van der Waals surface area contributed by atoms with Gasteiger partial charge in [-0.15, -0.1) is 0 Å². The molecule has 0 aromatic heterocycles. The van der Waals surface area contributed by atoms with Gasteiger partial charge in [-0.2, -0.15) is 0 Å². The molecule has 4 heteroatoms. The maximum Gasteiger partial charge on any atom is 0.133 e. The third kappa shape index (κ3) is 4.30. The molecule has 17 heavy (non-hydrogen) atoms. The van der Waals surface area contributed by atoms with Crippen LogP contribution < -0.4 is 4.74 Å². The molecule has 1 aromatic rings. The van der Waals surface area contributed by atoms with Crippen molar-refractivity contribution in [3.63, 3.8) is 0 Å². The number of aliphatic hydroxyl groups excluding tert-OH is 2. The Morgan fingerprint density at radius 3 is 2.53 bits per heavy atom. The molecule has 0 aliphatic carbocycles. The number of benzene rings is 1. The Balaban J connectivity index is 2.55. The first kappa shape index (κ1) is 14.5. The number of hydrogen-bond acceptors (Lipinski definition) is 3. The molecule has 0 spiro atoms. The highest BCUT2D eigenvalue weighted by molar-refractivity contribution is 9.10. The fourth-order valence-electron chi connectivity index (χ4n) is 1.64. The average molecular weight is 303 g/mol. The van der Waals surface area contributed by atoms with Gasteiger partial charge in [0.05, 0.1) is 23.8 Å². The highest BCUT2D eigenvalue weighted by atomic mass is 79.9. The van der Waals surface area contributed by atoms with E-state index in [-0.39, 0.29) is 0 Å². The second kappa shape index (κ2) is 6.99. The second-order valence-electron chi connectivity index (χ2n) is 4.05.